The molecule has 0 aromatic rings. The highest BCUT2D eigenvalue weighted by molar-refractivity contribution is 4.92. The van der Waals surface area contributed by atoms with Gasteiger partial charge in [0.1, 0.15) is 0 Å². The van der Waals surface area contributed by atoms with Crippen molar-refractivity contribution in [2.45, 2.75) is 32.6 Å². The molecule has 1 unspecified atom stereocenters. The van der Waals surface area contributed by atoms with Crippen molar-refractivity contribution >= 4 is 0 Å². The summed E-state index contributed by atoms with van der Waals surface area (Å²) in [5.41, 5.74) is 0. The summed E-state index contributed by atoms with van der Waals surface area (Å²) in [6.07, 6.45) is 5.91. The van der Waals surface area contributed by atoms with E-state index in [9.17, 15) is 0 Å². The van der Waals surface area contributed by atoms with Gasteiger partial charge >= 0.3 is 0 Å². The summed E-state index contributed by atoms with van der Waals surface area (Å²) in [4.78, 5) is 2.47. The number of hydrogen-bond acceptors (Lipinski definition) is 1. The molecule has 0 bridgehead atoms. The molecule has 2 fully saturated rings. The van der Waals surface area contributed by atoms with Crippen LogP contribution in [0.2, 0.25) is 0 Å². The van der Waals surface area contributed by atoms with Crippen molar-refractivity contribution in [3.63, 3.8) is 0 Å². The summed E-state index contributed by atoms with van der Waals surface area (Å²) in [6, 6.07) is 0. The minimum Gasteiger partial charge on any atom is -0.306 e. The van der Waals surface area contributed by atoms with Crippen LogP contribution in [0.15, 0.2) is 0 Å². The van der Waals surface area contributed by atoms with Crippen LogP contribution in [0.5, 0.6) is 0 Å². The van der Waals surface area contributed by atoms with E-state index in [1.165, 1.54) is 32.4 Å². The van der Waals surface area contributed by atoms with Gasteiger partial charge in [0.2, 0.25) is 0 Å². The molecule has 12 heavy (non-hydrogen) atoms. The van der Waals surface area contributed by atoms with Crippen LogP contribution < -0.4 is 0 Å². The highest BCUT2D eigenvalue weighted by Crippen LogP contribution is 2.49. The molecule has 1 saturated heterocycles. The number of rotatable bonds is 2. The zero-order chi connectivity index (χ0) is 8.55. The summed E-state index contributed by atoms with van der Waals surface area (Å²) in [6.45, 7) is 5.04. The molecule has 1 aliphatic carbocycles. The second kappa shape index (κ2) is 3.37. The Morgan fingerprint density at radius 1 is 1.25 bits per heavy atom. The Morgan fingerprint density at radius 3 is 2.42 bits per heavy atom. The fourth-order valence-electron chi connectivity index (χ4n) is 2.77. The van der Waals surface area contributed by atoms with Crippen molar-refractivity contribution in [2.24, 2.45) is 17.8 Å². The summed E-state index contributed by atoms with van der Waals surface area (Å²) >= 11 is 0. The Morgan fingerprint density at radius 2 is 1.92 bits per heavy atom. The van der Waals surface area contributed by atoms with Gasteiger partial charge in [0.05, 0.1) is 0 Å². The Hall–Kier alpha value is -0.0400. The Bertz CT molecular complexity index is 147. The van der Waals surface area contributed by atoms with Crippen molar-refractivity contribution in [3.05, 3.63) is 0 Å². The van der Waals surface area contributed by atoms with Gasteiger partial charge in [-0.2, -0.15) is 0 Å². The molecule has 0 N–H and O–H groups in total. The second-order valence-electron chi connectivity index (χ2n) is 4.71. The van der Waals surface area contributed by atoms with Gasteiger partial charge < -0.3 is 4.90 Å². The van der Waals surface area contributed by atoms with Crippen LogP contribution in [0.4, 0.5) is 0 Å². The van der Waals surface area contributed by atoms with Crippen molar-refractivity contribution < 1.29 is 0 Å². The van der Waals surface area contributed by atoms with Crippen molar-refractivity contribution in [3.8, 4) is 0 Å². The van der Waals surface area contributed by atoms with Crippen LogP contribution in [0.3, 0.4) is 0 Å². The molecule has 1 nitrogen and oxygen atoms in total. The first kappa shape index (κ1) is 8.55. The first-order valence-corrected chi connectivity index (χ1v) is 5.49. The molecule has 0 amide bonds. The number of piperidine rings is 1. The average molecular weight is 167 g/mol. The molecule has 0 aromatic carbocycles. The van der Waals surface area contributed by atoms with Crippen LogP contribution in [-0.4, -0.2) is 25.0 Å². The molecule has 2 aliphatic rings. The Kier molecular flexibility index (Phi) is 2.40. The average Bonchev–Trinajstić information content (AvgIpc) is 2.85. The van der Waals surface area contributed by atoms with Gasteiger partial charge in [-0.1, -0.05) is 13.3 Å². The minimum absolute atomic E-state index is 1.09. The van der Waals surface area contributed by atoms with E-state index in [0.29, 0.717) is 0 Å². The van der Waals surface area contributed by atoms with E-state index in [-0.39, 0.29) is 0 Å². The molecule has 1 heterocycles. The quantitative estimate of drug-likeness (QED) is 0.610. The summed E-state index contributed by atoms with van der Waals surface area (Å²) < 4.78 is 0. The minimum atomic E-state index is 1.09. The molecule has 1 heteroatoms. The lowest BCUT2D eigenvalue weighted by Crippen LogP contribution is -2.31. The predicted molar refractivity (Wildman–Crippen MR) is 52.1 cm³/mol. The summed E-state index contributed by atoms with van der Waals surface area (Å²) in [7, 11) is 2.25. The maximum Gasteiger partial charge on any atom is -0.00190 e. The van der Waals surface area contributed by atoms with Crippen LogP contribution >= 0.6 is 0 Å². The summed E-state index contributed by atoms with van der Waals surface area (Å²) in [5, 5.41) is 0. The van der Waals surface area contributed by atoms with Crippen LogP contribution in [0, 0.1) is 17.8 Å². The van der Waals surface area contributed by atoms with Crippen LogP contribution in [-0.2, 0) is 0 Å². The zero-order valence-corrected chi connectivity index (χ0v) is 8.42. The number of nitrogens with zero attached hydrogens (tertiary/aromatic N) is 1. The first-order valence-electron chi connectivity index (χ1n) is 5.49. The van der Waals surface area contributed by atoms with E-state index < -0.39 is 0 Å². The largest absolute Gasteiger partial charge is 0.306 e. The van der Waals surface area contributed by atoms with E-state index in [1.807, 2.05) is 0 Å². The molecule has 0 aromatic heterocycles. The van der Waals surface area contributed by atoms with Crippen LogP contribution in [0.1, 0.15) is 32.6 Å². The molecule has 1 saturated carbocycles. The van der Waals surface area contributed by atoms with Gasteiger partial charge in [0.25, 0.3) is 0 Å². The van der Waals surface area contributed by atoms with Crippen molar-refractivity contribution in [1.82, 2.24) is 4.90 Å². The lowest BCUT2D eigenvalue weighted by Gasteiger charge is -2.29. The number of hydrogen-bond donors (Lipinski definition) is 0. The van der Waals surface area contributed by atoms with E-state index >= 15 is 0 Å². The van der Waals surface area contributed by atoms with Crippen molar-refractivity contribution in [1.29, 1.82) is 0 Å². The van der Waals surface area contributed by atoms with Gasteiger partial charge in [0.15, 0.2) is 0 Å². The van der Waals surface area contributed by atoms with Gasteiger partial charge in [-0.15, -0.1) is 0 Å². The molecular formula is C11H21N. The highest BCUT2D eigenvalue weighted by Gasteiger charge is 2.41. The highest BCUT2D eigenvalue weighted by atomic mass is 15.1. The van der Waals surface area contributed by atoms with Gasteiger partial charge in [-0.25, -0.2) is 0 Å². The smallest absolute Gasteiger partial charge is 0.00190 e. The fourth-order valence-corrected chi connectivity index (χ4v) is 2.77. The molecule has 2 atom stereocenters. The normalized spacial score (nSPS) is 38.5. The molecular weight excluding hydrogens is 146 g/mol. The van der Waals surface area contributed by atoms with Gasteiger partial charge in [0, 0.05) is 0 Å². The van der Waals surface area contributed by atoms with Crippen molar-refractivity contribution in [2.75, 3.05) is 20.1 Å². The monoisotopic (exact) mass is 167 g/mol. The molecule has 1 aliphatic heterocycles. The SMILES string of the molecule is CCC1C[C@@H]1C1CCN(C)CC1. The zero-order valence-electron chi connectivity index (χ0n) is 8.42. The molecule has 0 spiro atoms. The van der Waals surface area contributed by atoms with E-state index in [2.05, 4.69) is 18.9 Å². The van der Waals surface area contributed by atoms with E-state index in [4.69, 9.17) is 0 Å². The topological polar surface area (TPSA) is 3.24 Å². The predicted octanol–water partition coefficient (Wildman–Crippen LogP) is 2.37. The van der Waals surface area contributed by atoms with E-state index in [1.54, 1.807) is 6.42 Å². The Balaban J connectivity index is 1.76. The number of likely N-dealkylation sites (tertiary alicyclic amines) is 1. The third-order valence-electron chi connectivity index (χ3n) is 3.87. The third-order valence-corrected chi connectivity index (χ3v) is 3.87. The molecule has 2 rings (SSSR count). The summed E-state index contributed by atoms with van der Waals surface area (Å²) in [5.74, 6) is 3.33. The van der Waals surface area contributed by atoms with Crippen LogP contribution in [0.25, 0.3) is 0 Å². The second-order valence-corrected chi connectivity index (χ2v) is 4.71. The van der Waals surface area contributed by atoms with Gasteiger partial charge in [-0.05, 0) is 57.2 Å². The lowest BCUT2D eigenvalue weighted by molar-refractivity contribution is 0.199. The maximum absolute atomic E-state index is 2.47. The third kappa shape index (κ3) is 1.66. The lowest BCUT2D eigenvalue weighted by atomic mass is 9.91. The van der Waals surface area contributed by atoms with Gasteiger partial charge in [-0.3, -0.25) is 0 Å². The maximum atomic E-state index is 2.47. The fraction of sp³-hybridized carbons (Fsp3) is 1.00. The molecule has 70 valence electrons. The Labute approximate surface area is 76.1 Å². The first-order chi connectivity index (χ1) is 5.81. The molecule has 0 radical (unpaired) electrons. The standard InChI is InChI=1S/C11H21N/c1-3-9-8-11(9)10-4-6-12(2)7-5-10/h9-11H,3-8H2,1-2H3/t9?,11-/m0/s1. The van der Waals surface area contributed by atoms with E-state index in [0.717, 1.165) is 17.8 Å².